The van der Waals surface area contributed by atoms with Crippen molar-refractivity contribution in [3.63, 3.8) is 0 Å². The highest BCUT2D eigenvalue weighted by Gasteiger charge is 2.34. The molecule has 5 aromatic rings. The van der Waals surface area contributed by atoms with Gasteiger partial charge >= 0.3 is 6.11 Å². The molecule has 0 fully saturated rings. The van der Waals surface area contributed by atoms with Crippen LogP contribution in [0.25, 0.3) is 33.6 Å². The Kier molecular flexibility index (Phi) is 6.82. The Morgan fingerprint density at radius 1 is 0.615 bits per heavy atom. The number of rotatable bonds is 6. The van der Waals surface area contributed by atoms with Crippen molar-refractivity contribution >= 4 is 0 Å². The van der Waals surface area contributed by atoms with E-state index in [4.69, 9.17) is 4.74 Å². The highest BCUT2D eigenvalue weighted by molar-refractivity contribution is 5.71. The maximum Gasteiger partial charge on any atom is 0.426 e. The first kappa shape index (κ1) is 26.0. The van der Waals surface area contributed by atoms with Crippen molar-refractivity contribution in [3.05, 3.63) is 126 Å². The van der Waals surface area contributed by atoms with Crippen molar-refractivity contribution in [1.29, 1.82) is 0 Å². The molecule has 196 valence electrons. The van der Waals surface area contributed by atoms with Crippen LogP contribution in [0.15, 0.2) is 91.3 Å². The van der Waals surface area contributed by atoms with Gasteiger partial charge in [-0.05, 0) is 71.6 Å². The molecule has 0 atom stereocenters. The van der Waals surface area contributed by atoms with E-state index >= 15 is 0 Å². The summed E-state index contributed by atoms with van der Waals surface area (Å²) >= 11 is 0. The zero-order valence-corrected chi connectivity index (χ0v) is 20.2. The van der Waals surface area contributed by atoms with Crippen LogP contribution in [0.2, 0.25) is 0 Å². The maximum atomic E-state index is 14.8. The molecule has 3 nitrogen and oxygen atoms in total. The molecule has 0 unspecified atom stereocenters. The Morgan fingerprint density at radius 2 is 1.15 bits per heavy atom. The van der Waals surface area contributed by atoms with Gasteiger partial charge in [-0.15, -0.1) is 0 Å². The lowest BCUT2D eigenvalue weighted by atomic mass is 9.99. The van der Waals surface area contributed by atoms with Gasteiger partial charge in [-0.25, -0.2) is 27.5 Å². The minimum absolute atomic E-state index is 0.121. The quantitative estimate of drug-likeness (QED) is 0.161. The molecule has 5 rings (SSSR count). The normalized spacial score (nSPS) is 11.5. The first-order valence-corrected chi connectivity index (χ1v) is 11.6. The van der Waals surface area contributed by atoms with Crippen LogP contribution in [0.1, 0.15) is 11.1 Å². The lowest BCUT2D eigenvalue weighted by Crippen LogP contribution is -2.21. The Bertz CT molecular complexity index is 1610. The lowest BCUT2D eigenvalue weighted by molar-refractivity contribution is -0.185. The fourth-order valence-corrected chi connectivity index (χ4v) is 3.92. The summed E-state index contributed by atoms with van der Waals surface area (Å²) in [4.78, 5) is 8.36. The summed E-state index contributed by atoms with van der Waals surface area (Å²) < 4.78 is 89.7. The predicted molar refractivity (Wildman–Crippen MR) is 134 cm³/mol. The molecular formula is C30H18F6N2O. The summed E-state index contributed by atoms with van der Waals surface area (Å²) in [6.45, 7) is 1.84. The van der Waals surface area contributed by atoms with Gasteiger partial charge in [0.05, 0.1) is 5.56 Å². The summed E-state index contributed by atoms with van der Waals surface area (Å²) in [5, 5.41) is 0. The van der Waals surface area contributed by atoms with Gasteiger partial charge in [-0.2, -0.15) is 8.78 Å². The second kappa shape index (κ2) is 10.2. The van der Waals surface area contributed by atoms with E-state index in [2.05, 4.69) is 9.97 Å². The predicted octanol–water partition coefficient (Wildman–Crippen LogP) is 8.47. The van der Waals surface area contributed by atoms with Crippen LogP contribution in [-0.2, 0) is 6.11 Å². The van der Waals surface area contributed by atoms with Gasteiger partial charge in [0.2, 0.25) is 0 Å². The number of benzene rings is 4. The maximum absolute atomic E-state index is 14.8. The highest BCUT2D eigenvalue weighted by Crippen LogP contribution is 2.34. The topological polar surface area (TPSA) is 35.0 Å². The number of aromatic nitrogens is 2. The van der Waals surface area contributed by atoms with Gasteiger partial charge in [0.15, 0.2) is 23.3 Å². The summed E-state index contributed by atoms with van der Waals surface area (Å²) in [5.74, 6) is -5.02. The Hall–Kier alpha value is -4.66. The van der Waals surface area contributed by atoms with Crippen LogP contribution in [0, 0.1) is 30.2 Å². The van der Waals surface area contributed by atoms with Crippen molar-refractivity contribution in [2.75, 3.05) is 0 Å². The molecule has 0 spiro atoms. The molecule has 1 heterocycles. The third-order valence-electron chi connectivity index (χ3n) is 5.96. The molecular weight excluding hydrogens is 518 g/mol. The number of hydrogen-bond acceptors (Lipinski definition) is 3. The zero-order valence-electron chi connectivity index (χ0n) is 20.2. The monoisotopic (exact) mass is 536 g/mol. The molecule has 1 aromatic heterocycles. The van der Waals surface area contributed by atoms with Crippen LogP contribution in [-0.4, -0.2) is 9.97 Å². The lowest BCUT2D eigenvalue weighted by Gasteiger charge is -2.19. The molecule has 4 aromatic carbocycles. The molecule has 0 saturated heterocycles. The van der Waals surface area contributed by atoms with E-state index < -0.39 is 29.4 Å². The van der Waals surface area contributed by atoms with Crippen LogP contribution in [0.4, 0.5) is 26.3 Å². The summed E-state index contributed by atoms with van der Waals surface area (Å²) in [6, 6.07) is 16.3. The van der Waals surface area contributed by atoms with Crippen LogP contribution < -0.4 is 4.74 Å². The van der Waals surface area contributed by atoms with E-state index in [1.54, 1.807) is 12.4 Å². The first-order valence-electron chi connectivity index (χ1n) is 11.6. The van der Waals surface area contributed by atoms with Gasteiger partial charge in [-0.1, -0.05) is 36.4 Å². The van der Waals surface area contributed by atoms with E-state index in [-0.39, 0.29) is 22.4 Å². The largest absolute Gasteiger partial charge is 0.429 e. The van der Waals surface area contributed by atoms with E-state index in [1.807, 2.05) is 6.92 Å². The number of hydrogen-bond donors (Lipinski definition) is 0. The number of halogens is 6. The molecule has 0 bridgehead atoms. The van der Waals surface area contributed by atoms with Crippen LogP contribution in [0.5, 0.6) is 5.75 Å². The molecule has 0 aliphatic rings. The summed E-state index contributed by atoms with van der Waals surface area (Å²) in [7, 11) is 0. The Labute approximate surface area is 219 Å². The van der Waals surface area contributed by atoms with Crippen molar-refractivity contribution in [2.45, 2.75) is 13.0 Å². The average Bonchev–Trinajstić information content (AvgIpc) is 2.92. The molecule has 39 heavy (non-hydrogen) atoms. The number of aryl methyl sites for hydroxylation is 1. The number of nitrogens with zero attached hydrogens (tertiary/aromatic N) is 2. The zero-order chi connectivity index (χ0) is 27.7. The molecule has 0 aliphatic heterocycles. The second-order valence-electron chi connectivity index (χ2n) is 8.75. The fraction of sp³-hybridized carbons (Fsp3) is 0.0667. The van der Waals surface area contributed by atoms with Crippen molar-refractivity contribution < 1.29 is 31.1 Å². The Morgan fingerprint density at radius 3 is 1.74 bits per heavy atom. The SMILES string of the molecule is Cc1cnc(-c2ccc(C(F)(F)Oc3ccc(-c4ccc(-c5cc(F)c(F)c(F)c5)c(F)c4)cc3)cc2)nc1. The van der Waals surface area contributed by atoms with Gasteiger partial charge in [0, 0.05) is 23.5 Å². The van der Waals surface area contributed by atoms with Crippen molar-refractivity contribution in [3.8, 4) is 39.4 Å². The van der Waals surface area contributed by atoms with Gasteiger partial charge in [-0.3, -0.25) is 0 Å². The van der Waals surface area contributed by atoms with Gasteiger partial charge in [0.25, 0.3) is 0 Å². The number of alkyl halides is 2. The van der Waals surface area contributed by atoms with Gasteiger partial charge < -0.3 is 4.74 Å². The number of ether oxygens (including phenoxy) is 1. The third kappa shape index (κ3) is 5.47. The minimum atomic E-state index is -3.64. The second-order valence-corrected chi connectivity index (χ2v) is 8.75. The third-order valence-corrected chi connectivity index (χ3v) is 5.96. The van der Waals surface area contributed by atoms with E-state index in [0.717, 1.165) is 11.6 Å². The van der Waals surface area contributed by atoms with Gasteiger partial charge in [0.1, 0.15) is 11.6 Å². The average molecular weight is 536 g/mol. The smallest absolute Gasteiger partial charge is 0.426 e. The molecule has 0 amide bonds. The van der Waals surface area contributed by atoms with Crippen LogP contribution >= 0.6 is 0 Å². The standard InChI is InChI=1S/C30H18F6N2O/c1-17-15-37-29(38-16-17)19-2-7-22(8-3-19)30(35,36)39-23-9-4-18(5-10-23)20-6-11-24(25(31)12-20)21-13-26(32)28(34)27(33)14-21/h2-16H,1H3. The van der Waals surface area contributed by atoms with E-state index in [1.165, 1.54) is 60.7 Å². The molecule has 9 heteroatoms. The molecule has 0 N–H and O–H groups in total. The van der Waals surface area contributed by atoms with Crippen LogP contribution in [0.3, 0.4) is 0 Å². The highest BCUT2D eigenvalue weighted by atomic mass is 19.3. The summed E-state index contributed by atoms with van der Waals surface area (Å²) in [5.41, 5.74) is 1.65. The first-order chi connectivity index (χ1) is 18.6. The molecule has 0 aliphatic carbocycles. The summed E-state index contributed by atoms with van der Waals surface area (Å²) in [6.07, 6.45) is -0.371. The van der Waals surface area contributed by atoms with Crippen molar-refractivity contribution in [1.82, 2.24) is 9.97 Å². The fourth-order valence-electron chi connectivity index (χ4n) is 3.92. The van der Waals surface area contributed by atoms with E-state index in [9.17, 15) is 26.3 Å². The Balaban J connectivity index is 1.31. The minimum Gasteiger partial charge on any atom is -0.429 e. The molecule has 0 radical (unpaired) electrons. The van der Waals surface area contributed by atoms with E-state index in [0.29, 0.717) is 34.6 Å². The molecule has 0 saturated carbocycles. The van der Waals surface area contributed by atoms with Crippen molar-refractivity contribution in [2.24, 2.45) is 0 Å².